The molecule has 0 radical (unpaired) electrons. The quantitative estimate of drug-likeness (QED) is 0.786. The number of aromatic nitrogens is 2. The lowest BCUT2D eigenvalue weighted by molar-refractivity contribution is -0.101. The van der Waals surface area contributed by atoms with Gasteiger partial charge in [-0.3, -0.25) is 4.98 Å². The topological polar surface area (TPSA) is 78.7 Å². The Hall–Kier alpha value is -1.24. The molecule has 0 aromatic carbocycles. The van der Waals surface area contributed by atoms with Crippen molar-refractivity contribution in [2.24, 2.45) is 0 Å². The molecule has 0 amide bonds. The minimum absolute atomic E-state index is 0.0208. The molecule has 1 aromatic rings. The molecule has 1 aromatic heterocycles. The van der Waals surface area contributed by atoms with Gasteiger partial charge in [-0.1, -0.05) is 0 Å². The van der Waals surface area contributed by atoms with Crippen LogP contribution in [-0.4, -0.2) is 51.6 Å². The van der Waals surface area contributed by atoms with E-state index in [4.69, 9.17) is 9.84 Å². The van der Waals surface area contributed by atoms with E-state index in [0.29, 0.717) is 24.6 Å². The summed E-state index contributed by atoms with van der Waals surface area (Å²) in [6, 6.07) is 0. The molecule has 100 valence electrons. The molecule has 6 heteroatoms. The van der Waals surface area contributed by atoms with Gasteiger partial charge < -0.3 is 19.8 Å². The SMILES string of the molecule is CC1(C)CN(c2cncc(CO)n2)CC(CO)O1. The first kappa shape index (κ1) is 13.2. The summed E-state index contributed by atoms with van der Waals surface area (Å²) in [5.41, 5.74) is 0.195. The second-order valence-corrected chi connectivity index (χ2v) is 5.09. The number of nitrogens with zero attached hydrogens (tertiary/aromatic N) is 3. The van der Waals surface area contributed by atoms with Gasteiger partial charge in [-0.05, 0) is 13.8 Å². The second kappa shape index (κ2) is 5.17. The Labute approximate surface area is 106 Å². The number of aliphatic hydroxyl groups is 2. The Morgan fingerprint density at radius 1 is 1.44 bits per heavy atom. The van der Waals surface area contributed by atoms with E-state index in [1.807, 2.05) is 18.7 Å². The summed E-state index contributed by atoms with van der Waals surface area (Å²) in [5, 5.41) is 18.3. The van der Waals surface area contributed by atoms with Gasteiger partial charge in [0.1, 0.15) is 5.82 Å². The van der Waals surface area contributed by atoms with Crippen LogP contribution in [-0.2, 0) is 11.3 Å². The maximum atomic E-state index is 9.26. The normalized spacial score (nSPS) is 23.1. The lowest BCUT2D eigenvalue weighted by atomic mass is 10.1. The van der Waals surface area contributed by atoms with Crippen molar-refractivity contribution >= 4 is 5.82 Å². The maximum Gasteiger partial charge on any atom is 0.147 e. The van der Waals surface area contributed by atoms with Gasteiger partial charge in [-0.2, -0.15) is 0 Å². The highest BCUT2D eigenvalue weighted by molar-refractivity contribution is 5.38. The van der Waals surface area contributed by atoms with Crippen LogP contribution < -0.4 is 4.90 Å². The summed E-state index contributed by atoms with van der Waals surface area (Å²) >= 11 is 0. The molecular formula is C12H19N3O3. The standard InChI is InChI=1S/C12H19N3O3/c1-12(2)8-15(5-10(7-17)18-12)11-4-13-3-9(6-16)14-11/h3-4,10,16-17H,5-8H2,1-2H3. The largest absolute Gasteiger partial charge is 0.394 e. The van der Waals surface area contributed by atoms with Gasteiger partial charge in [0.2, 0.25) is 0 Å². The molecular weight excluding hydrogens is 234 g/mol. The predicted molar refractivity (Wildman–Crippen MR) is 66.2 cm³/mol. The van der Waals surface area contributed by atoms with E-state index in [1.165, 1.54) is 0 Å². The number of anilines is 1. The molecule has 0 saturated carbocycles. The smallest absolute Gasteiger partial charge is 0.147 e. The monoisotopic (exact) mass is 253 g/mol. The first-order valence-electron chi connectivity index (χ1n) is 5.99. The van der Waals surface area contributed by atoms with Crippen LogP contribution in [0.25, 0.3) is 0 Å². The number of hydrogen-bond acceptors (Lipinski definition) is 6. The van der Waals surface area contributed by atoms with Crippen LogP contribution in [0, 0.1) is 0 Å². The van der Waals surface area contributed by atoms with Crippen LogP contribution in [0.15, 0.2) is 12.4 Å². The molecule has 1 fully saturated rings. The summed E-state index contributed by atoms with van der Waals surface area (Å²) in [6.45, 7) is 5.05. The van der Waals surface area contributed by atoms with E-state index in [1.54, 1.807) is 12.4 Å². The first-order chi connectivity index (χ1) is 8.54. The zero-order chi connectivity index (χ0) is 13.2. The second-order valence-electron chi connectivity index (χ2n) is 5.09. The van der Waals surface area contributed by atoms with E-state index in [-0.39, 0.29) is 24.9 Å². The summed E-state index contributed by atoms with van der Waals surface area (Å²) in [4.78, 5) is 10.4. The van der Waals surface area contributed by atoms with Gasteiger partial charge in [0.05, 0.1) is 43.0 Å². The fraction of sp³-hybridized carbons (Fsp3) is 0.667. The molecule has 1 saturated heterocycles. The Morgan fingerprint density at radius 3 is 2.89 bits per heavy atom. The van der Waals surface area contributed by atoms with Crippen molar-refractivity contribution in [3.05, 3.63) is 18.1 Å². The summed E-state index contributed by atoms with van der Waals surface area (Å²) in [5.74, 6) is 0.705. The summed E-state index contributed by atoms with van der Waals surface area (Å²) < 4.78 is 5.74. The van der Waals surface area contributed by atoms with Crippen molar-refractivity contribution in [2.45, 2.75) is 32.2 Å². The molecule has 1 aliphatic rings. The average molecular weight is 253 g/mol. The Bertz CT molecular complexity index is 411. The summed E-state index contributed by atoms with van der Waals surface area (Å²) in [6.07, 6.45) is 2.97. The number of hydrogen-bond donors (Lipinski definition) is 2. The molecule has 1 atom stereocenters. The summed E-state index contributed by atoms with van der Waals surface area (Å²) in [7, 11) is 0. The average Bonchev–Trinajstić information content (AvgIpc) is 2.37. The van der Waals surface area contributed by atoms with E-state index in [0.717, 1.165) is 0 Å². The fourth-order valence-electron chi connectivity index (χ4n) is 2.19. The lowest BCUT2D eigenvalue weighted by Crippen LogP contribution is -2.54. The van der Waals surface area contributed by atoms with E-state index in [9.17, 15) is 5.11 Å². The molecule has 18 heavy (non-hydrogen) atoms. The zero-order valence-electron chi connectivity index (χ0n) is 10.7. The van der Waals surface area contributed by atoms with Gasteiger partial charge in [-0.25, -0.2) is 4.98 Å². The predicted octanol–water partition coefficient (Wildman–Crippen LogP) is -0.0550. The molecule has 2 N–H and O–H groups in total. The third-order valence-electron chi connectivity index (χ3n) is 2.84. The third kappa shape index (κ3) is 2.95. The van der Waals surface area contributed by atoms with E-state index in [2.05, 4.69) is 9.97 Å². The van der Waals surface area contributed by atoms with Crippen molar-refractivity contribution in [3.8, 4) is 0 Å². The Kier molecular flexibility index (Phi) is 3.79. The van der Waals surface area contributed by atoms with Crippen molar-refractivity contribution in [2.75, 3.05) is 24.6 Å². The van der Waals surface area contributed by atoms with Crippen molar-refractivity contribution in [3.63, 3.8) is 0 Å². The van der Waals surface area contributed by atoms with Crippen LogP contribution >= 0.6 is 0 Å². The molecule has 2 rings (SSSR count). The first-order valence-corrected chi connectivity index (χ1v) is 5.99. The minimum Gasteiger partial charge on any atom is -0.394 e. The molecule has 2 heterocycles. The van der Waals surface area contributed by atoms with Crippen LogP contribution in [0.3, 0.4) is 0 Å². The Morgan fingerprint density at radius 2 is 2.22 bits per heavy atom. The molecule has 0 aliphatic carbocycles. The number of morpholine rings is 1. The van der Waals surface area contributed by atoms with Crippen molar-refractivity contribution < 1.29 is 14.9 Å². The zero-order valence-corrected chi connectivity index (χ0v) is 10.7. The minimum atomic E-state index is -0.345. The molecule has 1 unspecified atom stereocenters. The lowest BCUT2D eigenvalue weighted by Gasteiger charge is -2.42. The molecule has 6 nitrogen and oxygen atoms in total. The van der Waals surface area contributed by atoms with Crippen LogP contribution in [0.5, 0.6) is 0 Å². The molecule has 1 aliphatic heterocycles. The van der Waals surface area contributed by atoms with Gasteiger partial charge in [-0.15, -0.1) is 0 Å². The third-order valence-corrected chi connectivity index (χ3v) is 2.84. The number of rotatable bonds is 3. The van der Waals surface area contributed by atoms with Gasteiger partial charge in [0.15, 0.2) is 0 Å². The van der Waals surface area contributed by atoms with Crippen molar-refractivity contribution in [1.82, 2.24) is 9.97 Å². The highest BCUT2D eigenvalue weighted by atomic mass is 16.5. The number of ether oxygens (including phenoxy) is 1. The maximum absolute atomic E-state index is 9.26. The Balaban J connectivity index is 2.20. The highest BCUT2D eigenvalue weighted by Crippen LogP contribution is 2.24. The van der Waals surface area contributed by atoms with E-state index < -0.39 is 0 Å². The van der Waals surface area contributed by atoms with Gasteiger partial charge >= 0.3 is 0 Å². The van der Waals surface area contributed by atoms with Crippen molar-refractivity contribution in [1.29, 1.82) is 0 Å². The fourth-order valence-corrected chi connectivity index (χ4v) is 2.19. The number of aliphatic hydroxyl groups excluding tert-OH is 2. The van der Waals surface area contributed by atoms with Crippen LogP contribution in [0.4, 0.5) is 5.82 Å². The van der Waals surface area contributed by atoms with Gasteiger partial charge in [0.25, 0.3) is 0 Å². The highest BCUT2D eigenvalue weighted by Gasteiger charge is 2.33. The van der Waals surface area contributed by atoms with E-state index >= 15 is 0 Å². The van der Waals surface area contributed by atoms with Crippen LogP contribution in [0.2, 0.25) is 0 Å². The molecule has 0 spiro atoms. The van der Waals surface area contributed by atoms with Gasteiger partial charge in [0, 0.05) is 13.1 Å². The molecule has 0 bridgehead atoms. The van der Waals surface area contributed by atoms with Crippen LogP contribution in [0.1, 0.15) is 19.5 Å².